The van der Waals surface area contributed by atoms with E-state index in [4.69, 9.17) is 0 Å². The number of thiophene rings is 1. The molecule has 2 heterocycles. The number of thioether (sulfide) groups is 1. The van der Waals surface area contributed by atoms with Crippen molar-refractivity contribution in [2.24, 2.45) is 0 Å². The van der Waals surface area contributed by atoms with Crippen LogP contribution in [0.4, 0.5) is 0 Å². The first-order valence-electron chi connectivity index (χ1n) is 8.60. The van der Waals surface area contributed by atoms with E-state index < -0.39 is 0 Å². The molecule has 0 radical (unpaired) electrons. The molecule has 0 amide bonds. The van der Waals surface area contributed by atoms with E-state index in [1.54, 1.807) is 29.4 Å². The van der Waals surface area contributed by atoms with Gasteiger partial charge in [0, 0.05) is 16.7 Å². The summed E-state index contributed by atoms with van der Waals surface area (Å²) in [6, 6.07) is 15.2. The zero-order chi connectivity index (χ0) is 18.1. The Morgan fingerprint density at radius 3 is 2.58 bits per heavy atom. The molecular weight excluding hydrogens is 356 g/mol. The molecule has 0 saturated carbocycles. The van der Waals surface area contributed by atoms with Crippen molar-refractivity contribution in [1.29, 1.82) is 0 Å². The van der Waals surface area contributed by atoms with Crippen LogP contribution >= 0.6 is 23.1 Å². The van der Waals surface area contributed by atoms with Gasteiger partial charge in [-0.3, -0.25) is 0 Å². The van der Waals surface area contributed by atoms with Gasteiger partial charge in [0.1, 0.15) is 16.2 Å². The van der Waals surface area contributed by atoms with E-state index in [2.05, 4.69) is 78.6 Å². The van der Waals surface area contributed by atoms with Crippen LogP contribution in [-0.4, -0.2) is 9.97 Å². The molecule has 0 spiro atoms. The van der Waals surface area contributed by atoms with Gasteiger partial charge >= 0.3 is 0 Å². The first-order valence-corrected chi connectivity index (χ1v) is 10.5. The highest BCUT2D eigenvalue weighted by Gasteiger charge is 2.14. The summed E-state index contributed by atoms with van der Waals surface area (Å²) in [5, 5.41) is 4.45. The normalized spacial score (nSPS) is 11.2. The van der Waals surface area contributed by atoms with Gasteiger partial charge < -0.3 is 0 Å². The highest BCUT2D eigenvalue weighted by atomic mass is 32.2. The molecule has 2 aromatic carbocycles. The van der Waals surface area contributed by atoms with Gasteiger partial charge in [-0.15, -0.1) is 23.1 Å². The summed E-state index contributed by atoms with van der Waals surface area (Å²) in [6.45, 7) is 6.48. The van der Waals surface area contributed by atoms with Crippen LogP contribution in [0.2, 0.25) is 0 Å². The Morgan fingerprint density at radius 2 is 1.77 bits per heavy atom. The van der Waals surface area contributed by atoms with Crippen LogP contribution in [0, 0.1) is 20.8 Å². The molecule has 2 nitrogen and oxygen atoms in total. The molecule has 4 aromatic rings. The minimum absolute atomic E-state index is 0.918. The maximum Gasteiger partial charge on any atom is 0.128 e. The third-order valence-electron chi connectivity index (χ3n) is 4.78. The Morgan fingerprint density at radius 1 is 0.923 bits per heavy atom. The topological polar surface area (TPSA) is 25.8 Å². The Balaban J connectivity index is 1.75. The summed E-state index contributed by atoms with van der Waals surface area (Å²) in [5.74, 6) is 0.918. The molecule has 26 heavy (non-hydrogen) atoms. The summed E-state index contributed by atoms with van der Waals surface area (Å²) in [4.78, 5) is 10.2. The zero-order valence-electron chi connectivity index (χ0n) is 15.1. The summed E-state index contributed by atoms with van der Waals surface area (Å²) in [6.07, 6.45) is 1.68. The highest BCUT2D eigenvalue weighted by molar-refractivity contribution is 7.98. The minimum atomic E-state index is 0.918. The third-order valence-corrected chi connectivity index (χ3v) is 6.70. The van der Waals surface area contributed by atoms with E-state index in [0.717, 1.165) is 15.6 Å². The van der Waals surface area contributed by atoms with E-state index in [1.807, 2.05) is 0 Å². The predicted octanol–water partition coefficient (Wildman–Crippen LogP) is 6.58. The molecule has 0 bridgehead atoms. The van der Waals surface area contributed by atoms with Crippen molar-refractivity contribution in [3.05, 3.63) is 76.4 Å². The van der Waals surface area contributed by atoms with Gasteiger partial charge in [0.05, 0.1) is 5.39 Å². The quantitative estimate of drug-likeness (QED) is 0.297. The molecule has 4 rings (SSSR count). The lowest BCUT2D eigenvalue weighted by molar-refractivity contribution is 1.11. The molecule has 0 fully saturated rings. The van der Waals surface area contributed by atoms with Gasteiger partial charge in [0.15, 0.2) is 0 Å². The van der Waals surface area contributed by atoms with Crippen LogP contribution in [0.1, 0.15) is 22.3 Å². The standard InChI is InChI=1S/C22H20N2S2/c1-14-8-9-17(10-16(14)3)19-12-26-22-20(19)21(23-13-24-22)25-11-18-7-5-4-6-15(18)2/h4-10,12-13H,11H2,1-3H3. The zero-order valence-corrected chi connectivity index (χ0v) is 16.7. The van der Waals surface area contributed by atoms with E-state index in [9.17, 15) is 0 Å². The van der Waals surface area contributed by atoms with Crippen LogP contribution in [0.25, 0.3) is 21.3 Å². The Hall–Kier alpha value is -2.17. The van der Waals surface area contributed by atoms with Crippen molar-refractivity contribution in [1.82, 2.24) is 9.97 Å². The average Bonchev–Trinajstić information content (AvgIpc) is 3.08. The summed E-state index contributed by atoms with van der Waals surface area (Å²) in [7, 11) is 0. The second-order valence-electron chi connectivity index (χ2n) is 6.52. The summed E-state index contributed by atoms with van der Waals surface area (Å²) >= 11 is 3.49. The number of fused-ring (bicyclic) bond motifs is 1. The largest absolute Gasteiger partial charge is 0.229 e. The van der Waals surface area contributed by atoms with Crippen molar-refractivity contribution >= 4 is 33.3 Å². The molecule has 0 unspecified atom stereocenters. The molecule has 0 saturated heterocycles. The molecule has 0 aliphatic carbocycles. The fraction of sp³-hybridized carbons (Fsp3) is 0.182. The second-order valence-corrected chi connectivity index (χ2v) is 8.34. The van der Waals surface area contributed by atoms with Crippen LogP contribution < -0.4 is 0 Å². The van der Waals surface area contributed by atoms with E-state index >= 15 is 0 Å². The van der Waals surface area contributed by atoms with Crippen molar-refractivity contribution in [2.45, 2.75) is 31.6 Å². The fourth-order valence-corrected chi connectivity index (χ4v) is 5.07. The molecule has 4 heteroatoms. The molecule has 0 aliphatic rings. The lowest BCUT2D eigenvalue weighted by Gasteiger charge is -2.08. The van der Waals surface area contributed by atoms with Crippen LogP contribution in [0.3, 0.4) is 0 Å². The monoisotopic (exact) mass is 376 g/mol. The lowest BCUT2D eigenvalue weighted by atomic mass is 10.0. The average molecular weight is 377 g/mol. The molecule has 0 atom stereocenters. The smallest absolute Gasteiger partial charge is 0.128 e. The Labute approximate surface area is 162 Å². The Bertz CT molecular complexity index is 1080. The number of hydrogen-bond donors (Lipinski definition) is 0. The fourth-order valence-electron chi connectivity index (χ4n) is 3.00. The van der Waals surface area contributed by atoms with Gasteiger partial charge in [-0.2, -0.15) is 0 Å². The first-order chi connectivity index (χ1) is 12.6. The van der Waals surface area contributed by atoms with Gasteiger partial charge in [0.25, 0.3) is 0 Å². The predicted molar refractivity (Wildman–Crippen MR) is 113 cm³/mol. The van der Waals surface area contributed by atoms with Crippen molar-refractivity contribution < 1.29 is 0 Å². The molecule has 2 aromatic heterocycles. The van der Waals surface area contributed by atoms with Crippen LogP contribution in [0.5, 0.6) is 0 Å². The number of aromatic nitrogens is 2. The van der Waals surface area contributed by atoms with Gasteiger partial charge in [0.2, 0.25) is 0 Å². The molecule has 130 valence electrons. The van der Waals surface area contributed by atoms with E-state index in [0.29, 0.717) is 0 Å². The SMILES string of the molecule is Cc1ccc(-c2csc3ncnc(SCc4ccccc4C)c23)cc1C. The third kappa shape index (κ3) is 3.27. The number of aryl methyl sites for hydroxylation is 3. The molecule has 0 N–H and O–H groups in total. The maximum absolute atomic E-state index is 4.61. The van der Waals surface area contributed by atoms with Crippen molar-refractivity contribution in [3.8, 4) is 11.1 Å². The van der Waals surface area contributed by atoms with Crippen molar-refractivity contribution in [3.63, 3.8) is 0 Å². The van der Waals surface area contributed by atoms with Crippen LogP contribution in [-0.2, 0) is 5.75 Å². The number of benzene rings is 2. The van der Waals surface area contributed by atoms with Crippen molar-refractivity contribution in [2.75, 3.05) is 0 Å². The van der Waals surface area contributed by atoms with E-state index in [1.165, 1.54) is 38.8 Å². The van der Waals surface area contributed by atoms with Gasteiger partial charge in [-0.05, 0) is 48.6 Å². The van der Waals surface area contributed by atoms with Crippen LogP contribution in [0.15, 0.2) is 59.2 Å². The molecule has 0 aliphatic heterocycles. The maximum atomic E-state index is 4.61. The molecular formula is C22H20N2S2. The first kappa shape index (κ1) is 17.3. The summed E-state index contributed by atoms with van der Waals surface area (Å²) in [5.41, 5.74) is 7.79. The Kier molecular flexibility index (Phi) is 4.79. The minimum Gasteiger partial charge on any atom is -0.229 e. The second kappa shape index (κ2) is 7.22. The lowest BCUT2D eigenvalue weighted by Crippen LogP contribution is -1.90. The summed E-state index contributed by atoms with van der Waals surface area (Å²) < 4.78 is 0. The highest BCUT2D eigenvalue weighted by Crippen LogP contribution is 2.39. The number of hydrogen-bond acceptors (Lipinski definition) is 4. The van der Waals surface area contributed by atoms with E-state index in [-0.39, 0.29) is 0 Å². The number of rotatable bonds is 4. The van der Waals surface area contributed by atoms with Gasteiger partial charge in [-0.25, -0.2) is 9.97 Å². The number of nitrogens with zero attached hydrogens (tertiary/aromatic N) is 2. The van der Waals surface area contributed by atoms with Gasteiger partial charge in [-0.1, -0.05) is 42.5 Å².